The molecule has 0 saturated heterocycles. The van der Waals surface area contributed by atoms with Gasteiger partial charge in [-0.3, -0.25) is 14.8 Å². The molecule has 2 N–H and O–H groups in total. The summed E-state index contributed by atoms with van der Waals surface area (Å²) in [7, 11) is 3.85. The third-order valence-electron chi connectivity index (χ3n) is 11.0. The van der Waals surface area contributed by atoms with Gasteiger partial charge in [-0.05, 0) is 109 Å². The molecule has 3 atom stereocenters. The van der Waals surface area contributed by atoms with E-state index < -0.39 is 5.91 Å². The van der Waals surface area contributed by atoms with Crippen LogP contribution >= 0.6 is 0 Å². The van der Waals surface area contributed by atoms with Gasteiger partial charge in [0.1, 0.15) is 5.75 Å². The number of rotatable bonds is 12. The van der Waals surface area contributed by atoms with Crippen LogP contribution in [0.3, 0.4) is 0 Å². The molecule has 45 heavy (non-hydrogen) atoms. The fraction of sp³-hybridized carbons (Fsp3) is 0.615. The Labute approximate surface area is 271 Å². The number of anilines is 1. The van der Waals surface area contributed by atoms with Crippen LogP contribution in [0.5, 0.6) is 5.75 Å². The van der Waals surface area contributed by atoms with Crippen molar-refractivity contribution in [3.05, 3.63) is 34.9 Å². The smallest absolute Gasteiger partial charge is 0.253 e. The molecule has 0 spiro atoms. The van der Waals surface area contributed by atoms with Crippen LogP contribution in [0, 0.1) is 23.7 Å². The van der Waals surface area contributed by atoms with Crippen molar-refractivity contribution in [1.29, 1.82) is 0 Å². The number of hydrogen-bond acceptors (Lipinski definition) is 5. The SMILES string of the molecule is CCC1CC=Nc2c(C(N)=O)c(N(C)CCCC(C)C(C)C)cc(-c3cc4c(c(OC)c3)CCC(CC3CCCCC3)C=N4)c21. The van der Waals surface area contributed by atoms with Crippen LogP contribution in [0.4, 0.5) is 17.1 Å². The van der Waals surface area contributed by atoms with Gasteiger partial charge in [0.05, 0.1) is 29.7 Å². The molecule has 6 nitrogen and oxygen atoms in total. The molecule has 1 aliphatic carbocycles. The fourth-order valence-corrected chi connectivity index (χ4v) is 7.82. The van der Waals surface area contributed by atoms with E-state index in [1.54, 1.807) is 7.11 Å². The first-order valence-electron chi connectivity index (χ1n) is 17.7. The number of amides is 1. The molecule has 6 heteroatoms. The summed E-state index contributed by atoms with van der Waals surface area (Å²) in [5.41, 5.74) is 13.8. The minimum Gasteiger partial charge on any atom is -0.496 e. The number of nitrogens with two attached hydrogens (primary N) is 1. The third-order valence-corrected chi connectivity index (χ3v) is 11.0. The average Bonchev–Trinajstić information content (AvgIpc) is 3.25. The van der Waals surface area contributed by atoms with Crippen LogP contribution in [0.15, 0.2) is 28.2 Å². The highest BCUT2D eigenvalue weighted by Crippen LogP contribution is 2.49. The zero-order chi connectivity index (χ0) is 32.1. The van der Waals surface area contributed by atoms with Gasteiger partial charge in [0.2, 0.25) is 0 Å². The van der Waals surface area contributed by atoms with Gasteiger partial charge in [0.15, 0.2) is 0 Å². The second-order valence-electron chi connectivity index (χ2n) is 14.4. The minimum atomic E-state index is -0.419. The lowest BCUT2D eigenvalue weighted by Crippen LogP contribution is -2.25. The normalized spacial score (nSPS) is 20.4. The molecule has 2 aromatic rings. The minimum absolute atomic E-state index is 0.255. The summed E-state index contributed by atoms with van der Waals surface area (Å²) in [4.78, 5) is 25.3. The van der Waals surface area contributed by atoms with Gasteiger partial charge in [-0.1, -0.05) is 59.8 Å². The molecule has 1 amide bonds. The molecule has 0 radical (unpaired) electrons. The summed E-state index contributed by atoms with van der Waals surface area (Å²) < 4.78 is 6.06. The predicted molar refractivity (Wildman–Crippen MR) is 190 cm³/mol. The van der Waals surface area contributed by atoms with Gasteiger partial charge in [-0.15, -0.1) is 0 Å². The maximum Gasteiger partial charge on any atom is 0.253 e. The van der Waals surface area contributed by atoms with E-state index in [-0.39, 0.29) is 5.92 Å². The molecule has 2 aromatic carbocycles. The van der Waals surface area contributed by atoms with Gasteiger partial charge in [0, 0.05) is 31.6 Å². The van der Waals surface area contributed by atoms with E-state index in [0.717, 1.165) is 90.5 Å². The van der Waals surface area contributed by atoms with Gasteiger partial charge >= 0.3 is 0 Å². The lowest BCUT2D eigenvalue weighted by molar-refractivity contribution is 0.100. The molecule has 2 aliphatic heterocycles. The first-order chi connectivity index (χ1) is 21.7. The summed E-state index contributed by atoms with van der Waals surface area (Å²) in [5, 5.41) is 0. The molecular weight excluding hydrogens is 556 g/mol. The first-order valence-corrected chi connectivity index (χ1v) is 17.7. The quantitative estimate of drug-likeness (QED) is 0.259. The Morgan fingerprint density at radius 3 is 2.56 bits per heavy atom. The number of aliphatic imine (C=N–C) groups is 2. The molecule has 2 heterocycles. The van der Waals surface area contributed by atoms with Crippen molar-refractivity contribution < 1.29 is 9.53 Å². The second kappa shape index (κ2) is 15.0. The molecule has 0 aromatic heterocycles. The van der Waals surface area contributed by atoms with Crippen LogP contribution < -0.4 is 15.4 Å². The third kappa shape index (κ3) is 7.47. The van der Waals surface area contributed by atoms with Crippen molar-refractivity contribution in [3.63, 3.8) is 0 Å². The van der Waals surface area contributed by atoms with E-state index in [9.17, 15) is 4.79 Å². The van der Waals surface area contributed by atoms with Gasteiger partial charge < -0.3 is 15.4 Å². The number of methoxy groups -OCH3 is 1. The van der Waals surface area contributed by atoms with Crippen molar-refractivity contribution >= 4 is 35.4 Å². The summed E-state index contributed by atoms with van der Waals surface area (Å²) in [5.74, 6) is 3.38. The molecule has 3 unspecified atom stereocenters. The highest BCUT2D eigenvalue weighted by atomic mass is 16.5. The zero-order valence-corrected chi connectivity index (χ0v) is 28.7. The van der Waals surface area contributed by atoms with Gasteiger partial charge in [0.25, 0.3) is 5.91 Å². The topological polar surface area (TPSA) is 80.3 Å². The zero-order valence-electron chi connectivity index (χ0n) is 28.7. The summed E-state index contributed by atoms with van der Waals surface area (Å²) in [6.07, 6.45) is 18.4. The largest absolute Gasteiger partial charge is 0.496 e. The number of hydrogen-bond donors (Lipinski definition) is 1. The van der Waals surface area contributed by atoms with E-state index in [2.05, 4.69) is 64.1 Å². The van der Waals surface area contributed by atoms with E-state index >= 15 is 0 Å². The standard InChI is InChI=1S/C39H56N4O2/c1-7-29-17-18-41-38-36(29)32(23-34(37(38)39(40)44)43(5)19-11-12-26(4)25(2)3)30-21-33-31(35(22-30)45-6)16-15-28(24-42-33)20-27-13-9-8-10-14-27/h18,21-29H,7-17,19-20H2,1-6H3,(H2,40,44). The summed E-state index contributed by atoms with van der Waals surface area (Å²) in [6, 6.07) is 6.63. The molecule has 5 rings (SSSR count). The van der Waals surface area contributed by atoms with Crippen molar-refractivity contribution in [2.75, 3.05) is 25.6 Å². The number of ether oxygens (including phenoxy) is 1. The van der Waals surface area contributed by atoms with Crippen LogP contribution in [0.2, 0.25) is 0 Å². The number of carbonyl (C=O) groups excluding carboxylic acids is 1. The van der Waals surface area contributed by atoms with E-state index in [4.69, 9.17) is 20.5 Å². The van der Waals surface area contributed by atoms with Gasteiger partial charge in [-0.25, -0.2) is 0 Å². The van der Waals surface area contributed by atoms with Crippen molar-refractivity contribution in [2.24, 2.45) is 39.4 Å². The summed E-state index contributed by atoms with van der Waals surface area (Å²) in [6.45, 7) is 9.95. The van der Waals surface area contributed by atoms with E-state index in [1.165, 1.54) is 44.1 Å². The van der Waals surface area contributed by atoms with Crippen molar-refractivity contribution in [2.45, 2.75) is 111 Å². The van der Waals surface area contributed by atoms with Crippen LogP contribution in [-0.4, -0.2) is 39.0 Å². The summed E-state index contributed by atoms with van der Waals surface area (Å²) >= 11 is 0. The molecule has 0 bridgehead atoms. The molecule has 1 fully saturated rings. The number of nitrogens with zero attached hydrogens (tertiary/aromatic N) is 3. The number of benzene rings is 2. The van der Waals surface area contributed by atoms with Crippen molar-refractivity contribution in [1.82, 2.24) is 0 Å². The number of primary amides is 1. The van der Waals surface area contributed by atoms with Crippen molar-refractivity contribution in [3.8, 4) is 16.9 Å². The Hall–Kier alpha value is -3.15. The Morgan fingerprint density at radius 1 is 1.09 bits per heavy atom. The van der Waals surface area contributed by atoms with Crippen LogP contribution in [0.25, 0.3) is 11.1 Å². The molecule has 1 saturated carbocycles. The lowest BCUT2D eigenvalue weighted by Gasteiger charge is -2.30. The fourth-order valence-electron chi connectivity index (χ4n) is 7.82. The highest BCUT2D eigenvalue weighted by molar-refractivity contribution is 6.07. The molecular formula is C39H56N4O2. The Bertz CT molecular complexity index is 1400. The van der Waals surface area contributed by atoms with Gasteiger partial charge in [-0.2, -0.15) is 0 Å². The van der Waals surface area contributed by atoms with Crippen LogP contribution in [0.1, 0.15) is 126 Å². The predicted octanol–water partition coefficient (Wildman–Crippen LogP) is 9.80. The number of fused-ring (bicyclic) bond motifs is 2. The monoisotopic (exact) mass is 612 g/mol. The Morgan fingerprint density at radius 2 is 1.87 bits per heavy atom. The maximum atomic E-state index is 13.1. The average molecular weight is 613 g/mol. The Balaban J connectivity index is 1.57. The lowest BCUT2D eigenvalue weighted by atomic mass is 9.81. The second-order valence-corrected chi connectivity index (χ2v) is 14.4. The van der Waals surface area contributed by atoms with Crippen LogP contribution in [-0.2, 0) is 6.42 Å². The highest BCUT2D eigenvalue weighted by Gasteiger charge is 2.30. The number of carbonyl (C=O) groups is 1. The first kappa shape index (κ1) is 33.2. The van der Waals surface area contributed by atoms with E-state index in [1.807, 2.05) is 6.21 Å². The van der Waals surface area contributed by atoms with E-state index in [0.29, 0.717) is 23.3 Å². The molecule has 244 valence electrons. The Kier molecular flexibility index (Phi) is 11.0. The molecule has 3 aliphatic rings. The maximum absolute atomic E-state index is 13.1.